The first-order valence-electron chi connectivity index (χ1n) is 8.13. The van der Waals surface area contributed by atoms with Crippen molar-refractivity contribution in [1.29, 1.82) is 5.26 Å². The lowest BCUT2D eigenvalue weighted by Gasteiger charge is -2.18. The van der Waals surface area contributed by atoms with E-state index in [9.17, 15) is 10.1 Å². The summed E-state index contributed by atoms with van der Waals surface area (Å²) in [4.78, 5) is 13.9. The van der Waals surface area contributed by atoms with E-state index in [1.54, 1.807) is 12.2 Å². The van der Waals surface area contributed by atoms with Crippen LogP contribution in [0.5, 0.6) is 0 Å². The van der Waals surface area contributed by atoms with E-state index in [0.717, 1.165) is 12.1 Å². The standard InChI is InChI=1S/C20H25N3O/c1-4-7-8-17-9-11-19(12-10-17)22-16-18(15-21)20(24)23(13-5-2)14-6-3/h5-6,9-12,16,22H,2-4,7-8,13-14H2,1H3/b18-16-. The van der Waals surface area contributed by atoms with Gasteiger partial charge in [0.2, 0.25) is 0 Å². The summed E-state index contributed by atoms with van der Waals surface area (Å²) in [5, 5.41) is 12.3. The van der Waals surface area contributed by atoms with Crippen LogP contribution in [0, 0.1) is 11.3 Å². The summed E-state index contributed by atoms with van der Waals surface area (Å²) in [5.41, 5.74) is 2.18. The Balaban J connectivity index is 2.77. The molecule has 1 amide bonds. The average Bonchev–Trinajstić information content (AvgIpc) is 2.61. The van der Waals surface area contributed by atoms with Crippen LogP contribution in [-0.4, -0.2) is 23.9 Å². The smallest absolute Gasteiger partial charge is 0.266 e. The molecule has 0 aromatic heterocycles. The lowest BCUT2D eigenvalue weighted by atomic mass is 10.1. The second-order valence-corrected chi connectivity index (χ2v) is 5.40. The molecule has 0 saturated heterocycles. The normalized spacial score (nSPS) is 10.6. The molecule has 1 aromatic rings. The second-order valence-electron chi connectivity index (χ2n) is 5.40. The molecule has 0 bridgehead atoms. The number of carbonyl (C=O) groups is 1. The highest BCUT2D eigenvalue weighted by Gasteiger charge is 2.15. The monoisotopic (exact) mass is 323 g/mol. The van der Waals surface area contributed by atoms with Crippen molar-refractivity contribution >= 4 is 11.6 Å². The number of anilines is 1. The van der Waals surface area contributed by atoms with Crippen molar-refractivity contribution in [3.63, 3.8) is 0 Å². The van der Waals surface area contributed by atoms with Gasteiger partial charge in [0.25, 0.3) is 5.91 Å². The third-order valence-corrected chi connectivity index (χ3v) is 3.49. The molecule has 0 aliphatic rings. The van der Waals surface area contributed by atoms with Gasteiger partial charge in [0.1, 0.15) is 11.6 Å². The number of benzene rings is 1. The molecule has 0 atom stereocenters. The number of carbonyl (C=O) groups excluding carboxylic acids is 1. The van der Waals surface area contributed by atoms with Crippen LogP contribution in [0.2, 0.25) is 0 Å². The molecular formula is C20H25N3O. The fourth-order valence-corrected chi connectivity index (χ4v) is 2.17. The molecule has 0 fully saturated rings. The van der Waals surface area contributed by atoms with Gasteiger partial charge in [-0.2, -0.15) is 5.26 Å². The molecule has 126 valence electrons. The molecule has 0 saturated carbocycles. The van der Waals surface area contributed by atoms with Crippen LogP contribution in [0.3, 0.4) is 0 Å². The van der Waals surface area contributed by atoms with Crippen LogP contribution < -0.4 is 5.32 Å². The summed E-state index contributed by atoms with van der Waals surface area (Å²) >= 11 is 0. The lowest BCUT2D eigenvalue weighted by Crippen LogP contribution is -2.32. The lowest BCUT2D eigenvalue weighted by molar-refractivity contribution is -0.125. The zero-order valence-electron chi connectivity index (χ0n) is 14.3. The number of nitrogens with zero attached hydrogens (tertiary/aromatic N) is 2. The van der Waals surface area contributed by atoms with Crippen LogP contribution in [0.15, 0.2) is 61.3 Å². The zero-order chi connectivity index (χ0) is 17.8. The summed E-state index contributed by atoms with van der Waals surface area (Å²) < 4.78 is 0. The van der Waals surface area contributed by atoms with Gasteiger partial charge in [-0.1, -0.05) is 37.6 Å². The fraction of sp³-hybridized carbons (Fsp3) is 0.300. The van der Waals surface area contributed by atoms with Crippen molar-refractivity contribution in [1.82, 2.24) is 4.90 Å². The Labute approximate surface area is 144 Å². The van der Waals surface area contributed by atoms with Crippen LogP contribution in [0.25, 0.3) is 0 Å². The van der Waals surface area contributed by atoms with E-state index in [2.05, 4.69) is 37.5 Å². The quantitative estimate of drug-likeness (QED) is 0.401. The highest BCUT2D eigenvalue weighted by Crippen LogP contribution is 2.12. The Morgan fingerprint density at radius 3 is 2.38 bits per heavy atom. The third kappa shape index (κ3) is 6.13. The Hall–Kier alpha value is -2.80. The van der Waals surface area contributed by atoms with Crippen LogP contribution in [0.1, 0.15) is 25.3 Å². The first kappa shape index (κ1) is 19.2. The molecule has 24 heavy (non-hydrogen) atoms. The minimum atomic E-state index is -0.343. The number of unbranched alkanes of at least 4 members (excludes halogenated alkanes) is 1. The first-order valence-corrected chi connectivity index (χ1v) is 8.13. The predicted octanol–water partition coefficient (Wildman–Crippen LogP) is 4.05. The van der Waals surface area contributed by atoms with E-state index in [0.29, 0.717) is 13.1 Å². The summed E-state index contributed by atoms with van der Waals surface area (Å²) in [6.07, 6.45) is 8.09. The van der Waals surface area contributed by atoms with E-state index >= 15 is 0 Å². The highest BCUT2D eigenvalue weighted by molar-refractivity contribution is 5.97. The summed E-state index contributed by atoms with van der Waals surface area (Å²) in [6.45, 7) is 10.2. The molecule has 4 nitrogen and oxygen atoms in total. The molecule has 0 spiro atoms. The minimum Gasteiger partial charge on any atom is -0.360 e. The number of nitriles is 1. The molecule has 0 radical (unpaired) electrons. The van der Waals surface area contributed by atoms with Gasteiger partial charge in [-0.15, -0.1) is 13.2 Å². The number of rotatable bonds is 10. The van der Waals surface area contributed by atoms with Crippen LogP contribution in [-0.2, 0) is 11.2 Å². The maximum absolute atomic E-state index is 12.3. The van der Waals surface area contributed by atoms with Crippen molar-refractivity contribution in [3.8, 4) is 6.07 Å². The number of hydrogen-bond acceptors (Lipinski definition) is 3. The van der Waals surface area contributed by atoms with E-state index in [4.69, 9.17) is 0 Å². The molecule has 4 heteroatoms. The maximum Gasteiger partial charge on any atom is 0.266 e. The van der Waals surface area contributed by atoms with Gasteiger partial charge in [0.05, 0.1) is 0 Å². The van der Waals surface area contributed by atoms with Gasteiger partial charge >= 0.3 is 0 Å². The maximum atomic E-state index is 12.3. The van der Waals surface area contributed by atoms with E-state index in [-0.39, 0.29) is 11.5 Å². The molecular weight excluding hydrogens is 298 g/mol. The van der Waals surface area contributed by atoms with Crippen LogP contribution in [0.4, 0.5) is 5.69 Å². The molecule has 0 aliphatic carbocycles. The van der Waals surface area contributed by atoms with Gasteiger partial charge in [-0.25, -0.2) is 0 Å². The topological polar surface area (TPSA) is 56.1 Å². The summed E-state index contributed by atoms with van der Waals surface area (Å²) in [6, 6.07) is 9.96. The average molecular weight is 323 g/mol. The third-order valence-electron chi connectivity index (χ3n) is 3.49. The molecule has 0 heterocycles. The summed E-state index contributed by atoms with van der Waals surface area (Å²) in [7, 11) is 0. The van der Waals surface area contributed by atoms with Crippen molar-refractivity contribution in [2.45, 2.75) is 26.2 Å². The van der Waals surface area contributed by atoms with Gasteiger partial charge in [0, 0.05) is 25.0 Å². The van der Waals surface area contributed by atoms with Crippen molar-refractivity contribution in [2.24, 2.45) is 0 Å². The zero-order valence-corrected chi connectivity index (χ0v) is 14.3. The second kappa shape index (κ2) is 10.8. The Bertz CT molecular complexity index is 613. The fourth-order valence-electron chi connectivity index (χ4n) is 2.17. The number of nitrogens with one attached hydrogen (secondary N) is 1. The van der Waals surface area contributed by atoms with Crippen molar-refractivity contribution in [3.05, 3.63) is 66.9 Å². The van der Waals surface area contributed by atoms with Crippen molar-refractivity contribution < 1.29 is 4.79 Å². The van der Waals surface area contributed by atoms with E-state index < -0.39 is 0 Å². The Morgan fingerprint density at radius 1 is 1.25 bits per heavy atom. The van der Waals surface area contributed by atoms with Crippen LogP contribution >= 0.6 is 0 Å². The number of aryl methyl sites for hydroxylation is 1. The molecule has 1 N–H and O–H groups in total. The Morgan fingerprint density at radius 2 is 1.88 bits per heavy atom. The van der Waals surface area contributed by atoms with E-state index in [1.807, 2.05) is 18.2 Å². The van der Waals surface area contributed by atoms with Gasteiger partial charge in [-0.3, -0.25) is 4.79 Å². The molecule has 1 aromatic carbocycles. The number of amides is 1. The number of hydrogen-bond donors (Lipinski definition) is 1. The molecule has 0 unspecified atom stereocenters. The first-order chi connectivity index (χ1) is 11.7. The van der Waals surface area contributed by atoms with Crippen molar-refractivity contribution in [2.75, 3.05) is 18.4 Å². The molecule has 1 rings (SSSR count). The Kier molecular flexibility index (Phi) is 8.70. The largest absolute Gasteiger partial charge is 0.360 e. The molecule has 0 aliphatic heterocycles. The van der Waals surface area contributed by atoms with Gasteiger partial charge in [0.15, 0.2) is 0 Å². The highest BCUT2D eigenvalue weighted by atomic mass is 16.2. The SMILES string of the molecule is C=CCN(CC=C)C(=O)/C(C#N)=C\Nc1ccc(CCCC)cc1. The van der Waals surface area contributed by atoms with Gasteiger partial charge in [-0.05, 0) is 30.5 Å². The minimum absolute atomic E-state index is 0.0498. The predicted molar refractivity (Wildman–Crippen MR) is 99.3 cm³/mol. The summed E-state index contributed by atoms with van der Waals surface area (Å²) in [5.74, 6) is -0.343. The van der Waals surface area contributed by atoms with E-state index in [1.165, 1.54) is 29.5 Å². The van der Waals surface area contributed by atoms with Gasteiger partial charge < -0.3 is 10.2 Å².